The Kier molecular flexibility index (Phi) is 2.14. The number of anilines is 1. The first kappa shape index (κ1) is 10.8. The van der Waals surface area contributed by atoms with Gasteiger partial charge >= 0.3 is 0 Å². The van der Waals surface area contributed by atoms with Gasteiger partial charge in [0, 0.05) is 15.6 Å². The first-order valence-corrected chi connectivity index (χ1v) is 6.50. The number of benzene rings is 2. The van der Waals surface area contributed by atoms with Crippen molar-refractivity contribution in [1.82, 2.24) is 0 Å². The molecule has 0 atom stereocenters. The maximum absolute atomic E-state index is 5.95. The summed E-state index contributed by atoms with van der Waals surface area (Å²) >= 11 is 3.65. The van der Waals surface area contributed by atoms with E-state index in [4.69, 9.17) is 5.73 Å². The van der Waals surface area contributed by atoms with E-state index in [9.17, 15) is 0 Å². The van der Waals surface area contributed by atoms with Crippen LogP contribution >= 0.6 is 15.9 Å². The number of nitrogen functional groups attached to an aromatic ring is 1. The minimum absolute atomic E-state index is 0.0401. The molecule has 0 fully saturated rings. The molecule has 0 saturated heterocycles. The molecule has 1 aliphatic carbocycles. The van der Waals surface area contributed by atoms with Crippen molar-refractivity contribution < 1.29 is 0 Å². The van der Waals surface area contributed by atoms with Crippen LogP contribution in [0, 0.1) is 0 Å². The average Bonchev–Trinajstić information content (AvgIpc) is 2.49. The van der Waals surface area contributed by atoms with Crippen molar-refractivity contribution in [3.8, 4) is 11.1 Å². The van der Waals surface area contributed by atoms with Gasteiger partial charge in [-0.2, -0.15) is 0 Å². The van der Waals surface area contributed by atoms with Gasteiger partial charge in [-0.25, -0.2) is 0 Å². The number of hydrogen-bond donors (Lipinski definition) is 1. The first-order valence-electron chi connectivity index (χ1n) is 5.71. The quantitative estimate of drug-likeness (QED) is 0.717. The van der Waals surface area contributed by atoms with E-state index in [0.29, 0.717) is 0 Å². The summed E-state index contributed by atoms with van der Waals surface area (Å²) in [4.78, 5) is 0. The maximum atomic E-state index is 5.95. The third-order valence-electron chi connectivity index (χ3n) is 3.63. The van der Waals surface area contributed by atoms with E-state index in [1.54, 1.807) is 0 Å². The van der Waals surface area contributed by atoms with Crippen molar-refractivity contribution >= 4 is 21.6 Å². The highest BCUT2D eigenvalue weighted by molar-refractivity contribution is 9.10. The van der Waals surface area contributed by atoms with Gasteiger partial charge in [0.2, 0.25) is 0 Å². The Balaban J connectivity index is 2.44. The monoisotopic (exact) mass is 287 g/mol. The average molecular weight is 288 g/mol. The third kappa shape index (κ3) is 1.37. The Morgan fingerprint density at radius 2 is 1.76 bits per heavy atom. The third-order valence-corrected chi connectivity index (χ3v) is 4.25. The van der Waals surface area contributed by atoms with Crippen LogP contribution in [0.5, 0.6) is 0 Å². The van der Waals surface area contributed by atoms with Crippen molar-refractivity contribution in [3.63, 3.8) is 0 Å². The van der Waals surface area contributed by atoms with Gasteiger partial charge in [0.1, 0.15) is 0 Å². The minimum atomic E-state index is 0.0401. The van der Waals surface area contributed by atoms with E-state index >= 15 is 0 Å². The van der Waals surface area contributed by atoms with Gasteiger partial charge in [-0.1, -0.05) is 54.0 Å². The number of halogens is 1. The summed E-state index contributed by atoms with van der Waals surface area (Å²) in [7, 11) is 0. The fourth-order valence-corrected chi connectivity index (χ4v) is 3.85. The molecule has 0 aromatic heterocycles. The molecule has 0 radical (unpaired) electrons. The summed E-state index contributed by atoms with van der Waals surface area (Å²) in [6, 6.07) is 12.6. The van der Waals surface area contributed by atoms with E-state index < -0.39 is 0 Å². The predicted molar refractivity (Wildman–Crippen MR) is 76.1 cm³/mol. The number of rotatable bonds is 0. The molecule has 0 spiro atoms. The van der Waals surface area contributed by atoms with Crippen LogP contribution in [-0.2, 0) is 5.41 Å². The first-order chi connectivity index (χ1) is 8.01. The molecule has 1 aliphatic rings. The van der Waals surface area contributed by atoms with Crippen LogP contribution in [0.1, 0.15) is 25.0 Å². The van der Waals surface area contributed by atoms with Gasteiger partial charge in [0.25, 0.3) is 0 Å². The number of hydrogen-bond acceptors (Lipinski definition) is 1. The Morgan fingerprint density at radius 1 is 1.06 bits per heavy atom. The summed E-state index contributed by atoms with van der Waals surface area (Å²) in [5.74, 6) is 0. The van der Waals surface area contributed by atoms with Gasteiger partial charge in [-0.3, -0.25) is 0 Å². The molecule has 1 nitrogen and oxygen atoms in total. The van der Waals surface area contributed by atoms with E-state index in [-0.39, 0.29) is 5.41 Å². The Hall–Kier alpha value is -1.28. The molecular weight excluding hydrogens is 274 g/mol. The molecule has 2 N–H and O–H groups in total. The fourth-order valence-electron chi connectivity index (χ4n) is 2.87. The lowest BCUT2D eigenvalue weighted by Crippen LogP contribution is -2.15. The summed E-state index contributed by atoms with van der Waals surface area (Å²) in [5.41, 5.74) is 12.1. The van der Waals surface area contributed by atoms with E-state index in [2.05, 4.69) is 60.1 Å². The molecule has 0 saturated carbocycles. The summed E-state index contributed by atoms with van der Waals surface area (Å²) in [5, 5.41) is 0. The number of fused-ring (bicyclic) bond motifs is 3. The molecule has 2 aromatic carbocycles. The lowest BCUT2D eigenvalue weighted by Gasteiger charge is -2.22. The largest absolute Gasteiger partial charge is 0.399 e. The summed E-state index contributed by atoms with van der Waals surface area (Å²) in [6.45, 7) is 4.53. The highest BCUT2D eigenvalue weighted by Gasteiger charge is 2.36. The van der Waals surface area contributed by atoms with Gasteiger partial charge in [-0.15, -0.1) is 0 Å². The highest BCUT2D eigenvalue weighted by Crippen LogP contribution is 2.51. The molecule has 0 aliphatic heterocycles. The molecule has 0 amide bonds. The minimum Gasteiger partial charge on any atom is -0.399 e. The van der Waals surface area contributed by atoms with Crippen molar-refractivity contribution in [2.24, 2.45) is 0 Å². The Bertz CT molecular complexity index is 614. The van der Waals surface area contributed by atoms with Crippen molar-refractivity contribution in [2.75, 3.05) is 5.73 Å². The molecule has 3 rings (SSSR count). The number of nitrogens with two attached hydrogens (primary N) is 1. The second kappa shape index (κ2) is 3.36. The van der Waals surface area contributed by atoms with E-state index in [1.807, 2.05) is 6.07 Å². The second-order valence-corrected chi connectivity index (χ2v) is 5.95. The molecular formula is C15H14BrN. The van der Waals surface area contributed by atoms with Crippen LogP contribution in [0.15, 0.2) is 40.9 Å². The van der Waals surface area contributed by atoms with Gasteiger partial charge in [0.15, 0.2) is 0 Å². The zero-order chi connectivity index (χ0) is 12.2. The van der Waals surface area contributed by atoms with Crippen LogP contribution in [0.25, 0.3) is 11.1 Å². The van der Waals surface area contributed by atoms with Crippen LogP contribution in [0.2, 0.25) is 0 Å². The van der Waals surface area contributed by atoms with E-state index in [1.165, 1.54) is 22.3 Å². The zero-order valence-electron chi connectivity index (χ0n) is 9.92. The maximum Gasteiger partial charge on any atom is 0.0331 e. The van der Waals surface area contributed by atoms with Crippen LogP contribution < -0.4 is 5.73 Å². The summed E-state index contributed by atoms with van der Waals surface area (Å²) in [6.07, 6.45) is 0. The van der Waals surface area contributed by atoms with Gasteiger partial charge in [0.05, 0.1) is 0 Å². The second-order valence-electron chi connectivity index (χ2n) is 5.10. The smallest absolute Gasteiger partial charge is 0.0331 e. The zero-order valence-corrected chi connectivity index (χ0v) is 11.5. The standard InChI is InChI=1S/C15H14BrN/c1-15(2)12-6-4-3-5-10(12)11-7-9(17)8-13(16)14(11)15/h3-8H,17H2,1-2H3. The van der Waals surface area contributed by atoms with Crippen molar-refractivity contribution in [1.29, 1.82) is 0 Å². The lowest BCUT2D eigenvalue weighted by atomic mass is 9.82. The topological polar surface area (TPSA) is 26.0 Å². The lowest BCUT2D eigenvalue weighted by molar-refractivity contribution is 0.657. The summed E-state index contributed by atoms with van der Waals surface area (Å²) < 4.78 is 1.11. The molecule has 17 heavy (non-hydrogen) atoms. The Labute approximate surface area is 110 Å². The SMILES string of the molecule is CC1(C)c2ccccc2-c2cc(N)cc(Br)c21. The van der Waals surface area contributed by atoms with Gasteiger partial charge < -0.3 is 5.73 Å². The van der Waals surface area contributed by atoms with Crippen LogP contribution in [0.4, 0.5) is 5.69 Å². The van der Waals surface area contributed by atoms with E-state index in [0.717, 1.165) is 10.2 Å². The fraction of sp³-hybridized carbons (Fsp3) is 0.200. The van der Waals surface area contributed by atoms with Gasteiger partial charge in [-0.05, 0) is 34.4 Å². The molecule has 0 heterocycles. The Morgan fingerprint density at radius 3 is 2.53 bits per heavy atom. The van der Waals surface area contributed by atoms with Crippen LogP contribution in [-0.4, -0.2) is 0 Å². The highest BCUT2D eigenvalue weighted by atomic mass is 79.9. The predicted octanol–water partition coefficient (Wildman–Crippen LogP) is 4.34. The molecule has 2 aromatic rings. The molecule has 2 heteroatoms. The normalized spacial score (nSPS) is 15.5. The van der Waals surface area contributed by atoms with Crippen molar-refractivity contribution in [3.05, 3.63) is 52.0 Å². The van der Waals surface area contributed by atoms with Crippen LogP contribution in [0.3, 0.4) is 0 Å². The molecule has 86 valence electrons. The van der Waals surface area contributed by atoms with Crippen molar-refractivity contribution in [2.45, 2.75) is 19.3 Å². The molecule has 0 bridgehead atoms. The molecule has 0 unspecified atom stereocenters.